The Bertz CT molecular complexity index is 476. The van der Waals surface area contributed by atoms with Crippen LogP contribution in [0.5, 0.6) is 0 Å². The first kappa shape index (κ1) is 17.0. The minimum Gasteiger partial charge on any atom is -0.397 e. The molecular formula is C15H24N4O2. The molecule has 0 spiro atoms. The van der Waals surface area contributed by atoms with Crippen molar-refractivity contribution < 1.29 is 9.59 Å². The van der Waals surface area contributed by atoms with Gasteiger partial charge in [-0.05, 0) is 25.6 Å². The van der Waals surface area contributed by atoms with Gasteiger partial charge < -0.3 is 16.4 Å². The van der Waals surface area contributed by atoms with Crippen LogP contribution in [0.2, 0.25) is 0 Å². The summed E-state index contributed by atoms with van der Waals surface area (Å²) in [5.74, 6) is -0.138. The molecule has 0 unspecified atom stereocenters. The molecular weight excluding hydrogens is 268 g/mol. The summed E-state index contributed by atoms with van der Waals surface area (Å²) in [5, 5.41) is 5.56. The Balaban J connectivity index is 2.29. The standard InChI is InChI=1S/C15H24N4O2/c1-3-9-17-15(21)11-19(2)10-8-14(20)18-13-7-5-4-6-12(13)16/h4-7H,3,8-11,16H2,1-2H3,(H,17,21)(H,18,20). The number of para-hydroxylation sites is 2. The van der Waals surface area contributed by atoms with Crippen molar-refractivity contribution in [2.24, 2.45) is 0 Å². The smallest absolute Gasteiger partial charge is 0.234 e. The van der Waals surface area contributed by atoms with Crippen molar-refractivity contribution in [1.29, 1.82) is 0 Å². The summed E-state index contributed by atoms with van der Waals surface area (Å²) in [7, 11) is 1.82. The van der Waals surface area contributed by atoms with Crippen molar-refractivity contribution in [3.05, 3.63) is 24.3 Å². The van der Waals surface area contributed by atoms with Crippen LogP contribution in [0.1, 0.15) is 19.8 Å². The lowest BCUT2D eigenvalue weighted by Crippen LogP contribution is -2.36. The van der Waals surface area contributed by atoms with Gasteiger partial charge >= 0.3 is 0 Å². The number of rotatable bonds is 8. The molecule has 0 aromatic heterocycles. The zero-order chi connectivity index (χ0) is 15.7. The van der Waals surface area contributed by atoms with E-state index < -0.39 is 0 Å². The number of nitrogens with zero attached hydrogens (tertiary/aromatic N) is 1. The van der Waals surface area contributed by atoms with E-state index in [1.807, 2.05) is 31.0 Å². The second kappa shape index (κ2) is 8.97. The first-order chi connectivity index (χ1) is 10.0. The molecule has 0 atom stereocenters. The van der Waals surface area contributed by atoms with Crippen LogP contribution in [0.3, 0.4) is 0 Å². The zero-order valence-electron chi connectivity index (χ0n) is 12.7. The van der Waals surface area contributed by atoms with Crippen LogP contribution in [-0.4, -0.2) is 43.4 Å². The number of nitrogens with one attached hydrogen (secondary N) is 2. The molecule has 4 N–H and O–H groups in total. The number of carbonyl (C=O) groups is 2. The highest BCUT2D eigenvalue weighted by atomic mass is 16.2. The van der Waals surface area contributed by atoms with Gasteiger partial charge in [-0.1, -0.05) is 19.1 Å². The average Bonchev–Trinajstić information content (AvgIpc) is 2.45. The Hall–Kier alpha value is -2.08. The van der Waals surface area contributed by atoms with E-state index in [1.165, 1.54) is 0 Å². The fourth-order valence-corrected chi connectivity index (χ4v) is 1.76. The lowest BCUT2D eigenvalue weighted by molar-refractivity contribution is -0.122. The van der Waals surface area contributed by atoms with Gasteiger partial charge in [-0.15, -0.1) is 0 Å². The maximum absolute atomic E-state index is 11.8. The molecule has 0 aliphatic rings. The van der Waals surface area contributed by atoms with E-state index >= 15 is 0 Å². The van der Waals surface area contributed by atoms with Crippen molar-refractivity contribution in [1.82, 2.24) is 10.2 Å². The van der Waals surface area contributed by atoms with E-state index in [1.54, 1.807) is 12.1 Å². The van der Waals surface area contributed by atoms with E-state index in [0.717, 1.165) is 6.42 Å². The van der Waals surface area contributed by atoms with Gasteiger partial charge in [-0.3, -0.25) is 14.5 Å². The molecule has 21 heavy (non-hydrogen) atoms. The van der Waals surface area contributed by atoms with E-state index in [-0.39, 0.29) is 11.8 Å². The minimum atomic E-state index is -0.117. The van der Waals surface area contributed by atoms with Gasteiger partial charge in [0.1, 0.15) is 0 Å². The summed E-state index contributed by atoms with van der Waals surface area (Å²) < 4.78 is 0. The van der Waals surface area contributed by atoms with Crippen molar-refractivity contribution in [2.45, 2.75) is 19.8 Å². The molecule has 6 nitrogen and oxygen atoms in total. The highest BCUT2D eigenvalue weighted by Crippen LogP contribution is 2.16. The fraction of sp³-hybridized carbons (Fsp3) is 0.467. The average molecular weight is 292 g/mol. The molecule has 6 heteroatoms. The van der Waals surface area contributed by atoms with Crippen LogP contribution in [-0.2, 0) is 9.59 Å². The number of nitrogen functional groups attached to an aromatic ring is 1. The third-order valence-electron chi connectivity index (χ3n) is 2.94. The Kier molecular flexibility index (Phi) is 7.25. The molecule has 1 rings (SSSR count). The predicted molar refractivity (Wildman–Crippen MR) is 84.9 cm³/mol. The summed E-state index contributed by atoms with van der Waals surface area (Å²) in [5.41, 5.74) is 6.92. The van der Waals surface area contributed by atoms with E-state index in [2.05, 4.69) is 10.6 Å². The van der Waals surface area contributed by atoms with Gasteiger partial charge in [-0.2, -0.15) is 0 Å². The molecule has 0 saturated carbocycles. The maximum atomic E-state index is 11.8. The molecule has 0 saturated heterocycles. The van der Waals surface area contributed by atoms with Crippen molar-refractivity contribution >= 4 is 23.2 Å². The topological polar surface area (TPSA) is 87.5 Å². The monoisotopic (exact) mass is 292 g/mol. The lowest BCUT2D eigenvalue weighted by Gasteiger charge is -2.16. The molecule has 0 aliphatic heterocycles. The molecule has 0 aliphatic carbocycles. The van der Waals surface area contributed by atoms with Crippen LogP contribution in [0, 0.1) is 0 Å². The van der Waals surface area contributed by atoms with Gasteiger partial charge in [0.05, 0.1) is 17.9 Å². The number of likely N-dealkylation sites (N-methyl/N-ethyl adjacent to an activating group) is 1. The highest BCUT2D eigenvalue weighted by molar-refractivity contribution is 5.93. The molecule has 1 aromatic carbocycles. The molecule has 0 fully saturated rings. The first-order valence-electron chi connectivity index (χ1n) is 7.12. The summed E-state index contributed by atoms with van der Waals surface area (Å²) in [6.45, 7) is 3.49. The summed E-state index contributed by atoms with van der Waals surface area (Å²) in [6, 6.07) is 7.12. The number of hydrogen-bond donors (Lipinski definition) is 3. The van der Waals surface area contributed by atoms with E-state index in [0.29, 0.717) is 37.4 Å². The van der Waals surface area contributed by atoms with Gasteiger partial charge in [0.15, 0.2) is 0 Å². The van der Waals surface area contributed by atoms with Crippen molar-refractivity contribution in [3.63, 3.8) is 0 Å². The zero-order valence-corrected chi connectivity index (χ0v) is 12.7. The van der Waals surface area contributed by atoms with Crippen molar-refractivity contribution in [3.8, 4) is 0 Å². The van der Waals surface area contributed by atoms with Gasteiger partial charge in [0.25, 0.3) is 0 Å². The van der Waals surface area contributed by atoms with Gasteiger partial charge in [-0.25, -0.2) is 0 Å². The second-order valence-corrected chi connectivity index (χ2v) is 4.97. The molecule has 1 aromatic rings. The first-order valence-corrected chi connectivity index (χ1v) is 7.12. The van der Waals surface area contributed by atoms with E-state index in [9.17, 15) is 9.59 Å². The summed E-state index contributed by atoms with van der Waals surface area (Å²) in [4.78, 5) is 25.2. The largest absolute Gasteiger partial charge is 0.397 e. The lowest BCUT2D eigenvalue weighted by atomic mass is 10.2. The van der Waals surface area contributed by atoms with Crippen LogP contribution in [0.25, 0.3) is 0 Å². The minimum absolute atomic E-state index is 0.0212. The molecule has 2 amide bonds. The van der Waals surface area contributed by atoms with Crippen molar-refractivity contribution in [2.75, 3.05) is 37.7 Å². The maximum Gasteiger partial charge on any atom is 0.234 e. The Morgan fingerprint density at radius 1 is 1.24 bits per heavy atom. The third-order valence-corrected chi connectivity index (χ3v) is 2.94. The summed E-state index contributed by atoms with van der Waals surface area (Å²) >= 11 is 0. The number of carbonyl (C=O) groups excluding carboxylic acids is 2. The molecule has 116 valence electrons. The summed E-state index contributed by atoms with van der Waals surface area (Å²) in [6.07, 6.45) is 1.22. The molecule has 0 radical (unpaired) electrons. The highest BCUT2D eigenvalue weighted by Gasteiger charge is 2.09. The number of benzene rings is 1. The predicted octanol–water partition coefficient (Wildman–Crippen LogP) is 1.06. The number of amides is 2. The van der Waals surface area contributed by atoms with Gasteiger partial charge in [0, 0.05) is 19.5 Å². The Labute approximate surface area is 125 Å². The SMILES string of the molecule is CCCNC(=O)CN(C)CCC(=O)Nc1ccccc1N. The van der Waals surface area contributed by atoms with Crippen LogP contribution >= 0.6 is 0 Å². The third kappa shape index (κ3) is 6.76. The van der Waals surface area contributed by atoms with E-state index in [4.69, 9.17) is 5.73 Å². The quantitative estimate of drug-likeness (QED) is 0.625. The van der Waals surface area contributed by atoms with Gasteiger partial charge in [0.2, 0.25) is 11.8 Å². The molecule has 0 bridgehead atoms. The Morgan fingerprint density at radius 2 is 1.95 bits per heavy atom. The Morgan fingerprint density at radius 3 is 2.62 bits per heavy atom. The fourth-order valence-electron chi connectivity index (χ4n) is 1.76. The normalized spacial score (nSPS) is 10.4. The van der Waals surface area contributed by atoms with Crippen LogP contribution < -0.4 is 16.4 Å². The number of hydrogen-bond acceptors (Lipinski definition) is 4. The number of anilines is 2. The van der Waals surface area contributed by atoms with Crippen LogP contribution in [0.15, 0.2) is 24.3 Å². The molecule has 0 heterocycles. The second-order valence-electron chi connectivity index (χ2n) is 4.97. The van der Waals surface area contributed by atoms with Crippen LogP contribution in [0.4, 0.5) is 11.4 Å². The number of nitrogens with two attached hydrogens (primary N) is 1.